The second kappa shape index (κ2) is 6.18. The molecule has 1 aromatic carbocycles. The van der Waals surface area contributed by atoms with E-state index in [9.17, 15) is 4.39 Å². The third-order valence-corrected chi connectivity index (χ3v) is 3.09. The minimum absolute atomic E-state index is 0.0284. The van der Waals surface area contributed by atoms with E-state index < -0.39 is 5.82 Å². The molecule has 0 aliphatic rings. The van der Waals surface area contributed by atoms with E-state index in [1.54, 1.807) is 19.2 Å². The van der Waals surface area contributed by atoms with Crippen molar-refractivity contribution in [2.75, 3.05) is 7.11 Å². The lowest BCUT2D eigenvalue weighted by molar-refractivity contribution is 0.0773. The van der Waals surface area contributed by atoms with E-state index in [1.807, 2.05) is 6.92 Å². The standard InChI is InChI=1S/C12H17ClFNO/c1-3-11(16-2)10(15)7-8-5-4-6-9(14)12(8)13/h4-6,10-11H,3,7,15H2,1-2H3. The molecule has 0 aliphatic heterocycles. The molecule has 0 bridgehead atoms. The number of methoxy groups -OCH3 is 1. The predicted octanol–water partition coefficient (Wildman–Crippen LogP) is 2.77. The van der Waals surface area contributed by atoms with Gasteiger partial charge in [0.1, 0.15) is 5.82 Å². The zero-order valence-electron chi connectivity index (χ0n) is 9.54. The Kier molecular flexibility index (Phi) is 5.19. The van der Waals surface area contributed by atoms with E-state index in [-0.39, 0.29) is 17.2 Å². The Labute approximate surface area is 101 Å². The van der Waals surface area contributed by atoms with E-state index >= 15 is 0 Å². The molecule has 0 spiro atoms. The number of benzene rings is 1. The van der Waals surface area contributed by atoms with Crippen LogP contribution < -0.4 is 5.73 Å². The van der Waals surface area contributed by atoms with Crippen molar-refractivity contribution in [1.82, 2.24) is 0 Å². The number of nitrogens with two attached hydrogens (primary N) is 1. The largest absolute Gasteiger partial charge is 0.380 e. The smallest absolute Gasteiger partial charge is 0.142 e. The van der Waals surface area contributed by atoms with Gasteiger partial charge in [-0.25, -0.2) is 4.39 Å². The molecule has 0 saturated carbocycles. The first-order valence-electron chi connectivity index (χ1n) is 5.31. The van der Waals surface area contributed by atoms with Crippen LogP contribution in [0.25, 0.3) is 0 Å². The zero-order valence-corrected chi connectivity index (χ0v) is 10.3. The molecule has 2 nitrogen and oxygen atoms in total. The van der Waals surface area contributed by atoms with E-state index in [4.69, 9.17) is 22.1 Å². The summed E-state index contributed by atoms with van der Waals surface area (Å²) in [6, 6.07) is 4.59. The lowest BCUT2D eigenvalue weighted by Gasteiger charge is -2.21. The number of rotatable bonds is 5. The summed E-state index contributed by atoms with van der Waals surface area (Å²) in [5, 5.41) is 0.156. The molecule has 0 aliphatic carbocycles. The van der Waals surface area contributed by atoms with Gasteiger partial charge in [-0.1, -0.05) is 30.7 Å². The lowest BCUT2D eigenvalue weighted by atomic mass is 10.0. The summed E-state index contributed by atoms with van der Waals surface area (Å²) in [6.07, 6.45) is 1.31. The number of hydrogen-bond acceptors (Lipinski definition) is 2. The molecule has 0 amide bonds. The van der Waals surface area contributed by atoms with E-state index in [0.717, 1.165) is 12.0 Å². The van der Waals surface area contributed by atoms with Gasteiger partial charge < -0.3 is 10.5 Å². The van der Waals surface area contributed by atoms with Gasteiger partial charge in [-0.2, -0.15) is 0 Å². The van der Waals surface area contributed by atoms with Gasteiger partial charge in [0.05, 0.1) is 11.1 Å². The minimum Gasteiger partial charge on any atom is -0.380 e. The average molecular weight is 246 g/mol. The molecule has 2 unspecified atom stereocenters. The molecule has 1 rings (SSSR count). The van der Waals surface area contributed by atoms with E-state index in [2.05, 4.69) is 0 Å². The van der Waals surface area contributed by atoms with Crippen LogP contribution in [-0.2, 0) is 11.2 Å². The Morgan fingerprint density at radius 3 is 2.75 bits per heavy atom. The first-order chi connectivity index (χ1) is 7.60. The van der Waals surface area contributed by atoms with Crippen molar-refractivity contribution in [2.45, 2.75) is 31.9 Å². The third-order valence-electron chi connectivity index (χ3n) is 2.67. The van der Waals surface area contributed by atoms with Crippen LogP contribution in [0.3, 0.4) is 0 Å². The number of ether oxygens (including phenoxy) is 1. The van der Waals surface area contributed by atoms with Crippen LogP contribution in [0.5, 0.6) is 0 Å². The highest BCUT2D eigenvalue weighted by Crippen LogP contribution is 2.21. The molecule has 0 aromatic heterocycles. The van der Waals surface area contributed by atoms with Crippen molar-refractivity contribution >= 4 is 11.6 Å². The molecule has 90 valence electrons. The van der Waals surface area contributed by atoms with Crippen molar-refractivity contribution in [3.63, 3.8) is 0 Å². The highest BCUT2D eigenvalue weighted by molar-refractivity contribution is 6.31. The van der Waals surface area contributed by atoms with Crippen molar-refractivity contribution in [1.29, 1.82) is 0 Å². The van der Waals surface area contributed by atoms with Crippen LogP contribution in [0.1, 0.15) is 18.9 Å². The molecule has 16 heavy (non-hydrogen) atoms. The van der Waals surface area contributed by atoms with Gasteiger partial charge in [-0.15, -0.1) is 0 Å². The molecular formula is C12H17ClFNO. The van der Waals surface area contributed by atoms with Gasteiger partial charge in [0.25, 0.3) is 0 Å². The Bertz CT molecular complexity index is 342. The molecule has 0 radical (unpaired) electrons. The van der Waals surface area contributed by atoms with Gasteiger partial charge in [0.15, 0.2) is 0 Å². The summed E-state index contributed by atoms with van der Waals surface area (Å²) in [6.45, 7) is 2.00. The maximum absolute atomic E-state index is 13.2. The van der Waals surface area contributed by atoms with Crippen LogP contribution in [0.2, 0.25) is 5.02 Å². The summed E-state index contributed by atoms with van der Waals surface area (Å²) < 4.78 is 18.4. The SMILES string of the molecule is CCC(OC)C(N)Cc1cccc(F)c1Cl. The Morgan fingerprint density at radius 2 is 2.19 bits per heavy atom. The summed E-state index contributed by atoms with van der Waals surface area (Å²) in [5.74, 6) is -0.406. The fourth-order valence-electron chi connectivity index (χ4n) is 1.74. The van der Waals surface area contributed by atoms with Gasteiger partial charge in [0, 0.05) is 13.2 Å². The first-order valence-corrected chi connectivity index (χ1v) is 5.69. The second-order valence-electron chi connectivity index (χ2n) is 3.76. The quantitative estimate of drug-likeness (QED) is 0.866. The Hall–Kier alpha value is -0.640. The van der Waals surface area contributed by atoms with Crippen LogP contribution in [0.4, 0.5) is 4.39 Å². The molecule has 1 aromatic rings. The molecular weight excluding hydrogens is 229 g/mol. The summed E-state index contributed by atoms with van der Waals surface area (Å²) in [7, 11) is 1.63. The second-order valence-corrected chi connectivity index (χ2v) is 4.14. The Morgan fingerprint density at radius 1 is 1.50 bits per heavy atom. The number of hydrogen-bond donors (Lipinski definition) is 1. The summed E-state index contributed by atoms with van der Waals surface area (Å²) in [5.41, 5.74) is 6.71. The average Bonchev–Trinajstić information content (AvgIpc) is 2.26. The van der Waals surface area contributed by atoms with Crippen LogP contribution in [-0.4, -0.2) is 19.3 Å². The molecule has 4 heteroatoms. The van der Waals surface area contributed by atoms with Crippen molar-refractivity contribution in [2.24, 2.45) is 5.73 Å². The molecule has 0 heterocycles. The molecule has 2 N–H and O–H groups in total. The van der Waals surface area contributed by atoms with Crippen molar-refractivity contribution < 1.29 is 9.13 Å². The maximum Gasteiger partial charge on any atom is 0.142 e. The molecule has 0 saturated heterocycles. The topological polar surface area (TPSA) is 35.2 Å². The van der Waals surface area contributed by atoms with Crippen LogP contribution in [0, 0.1) is 5.82 Å². The number of halogens is 2. The van der Waals surface area contributed by atoms with Gasteiger partial charge in [0.2, 0.25) is 0 Å². The first kappa shape index (κ1) is 13.4. The molecule has 0 fully saturated rings. The van der Waals surface area contributed by atoms with Crippen molar-refractivity contribution in [3.05, 3.63) is 34.6 Å². The van der Waals surface area contributed by atoms with Gasteiger partial charge >= 0.3 is 0 Å². The predicted molar refractivity (Wildman–Crippen MR) is 64.2 cm³/mol. The lowest BCUT2D eigenvalue weighted by Crippen LogP contribution is -2.37. The van der Waals surface area contributed by atoms with Crippen LogP contribution in [0.15, 0.2) is 18.2 Å². The Balaban J connectivity index is 2.76. The van der Waals surface area contributed by atoms with Crippen molar-refractivity contribution in [3.8, 4) is 0 Å². The highest BCUT2D eigenvalue weighted by atomic mass is 35.5. The summed E-state index contributed by atoms with van der Waals surface area (Å²) >= 11 is 5.86. The van der Waals surface area contributed by atoms with Gasteiger partial charge in [-0.05, 0) is 24.5 Å². The maximum atomic E-state index is 13.2. The fourth-order valence-corrected chi connectivity index (χ4v) is 1.94. The van der Waals surface area contributed by atoms with E-state index in [0.29, 0.717) is 6.42 Å². The van der Waals surface area contributed by atoms with Crippen LogP contribution >= 0.6 is 11.6 Å². The van der Waals surface area contributed by atoms with E-state index in [1.165, 1.54) is 6.07 Å². The zero-order chi connectivity index (χ0) is 12.1. The summed E-state index contributed by atoms with van der Waals surface area (Å²) in [4.78, 5) is 0. The van der Waals surface area contributed by atoms with Gasteiger partial charge in [-0.3, -0.25) is 0 Å². The fraction of sp³-hybridized carbons (Fsp3) is 0.500. The minimum atomic E-state index is -0.406. The normalized spacial score (nSPS) is 14.8. The highest BCUT2D eigenvalue weighted by Gasteiger charge is 2.17. The monoisotopic (exact) mass is 245 g/mol. The third kappa shape index (κ3) is 3.17. The molecule has 2 atom stereocenters.